The SMILES string of the molecule is COCC1(c2nc(-c3cc(OC)ncn3)no2)CC=CCC1. The van der Waals surface area contributed by atoms with Gasteiger partial charge >= 0.3 is 0 Å². The van der Waals surface area contributed by atoms with Crippen molar-refractivity contribution in [2.24, 2.45) is 0 Å². The Morgan fingerprint density at radius 2 is 2.18 bits per heavy atom. The van der Waals surface area contributed by atoms with E-state index in [4.69, 9.17) is 14.0 Å². The summed E-state index contributed by atoms with van der Waals surface area (Å²) in [7, 11) is 3.24. The molecule has 3 rings (SSSR count). The lowest BCUT2D eigenvalue weighted by Crippen LogP contribution is -2.33. The van der Waals surface area contributed by atoms with Gasteiger partial charge in [0.2, 0.25) is 17.6 Å². The summed E-state index contributed by atoms with van der Waals surface area (Å²) in [5.41, 5.74) is 0.312. The molecule has 2 aromatic heterocycles. The van der Waals surface area contributed by atoms with Crippen molar-refractivity contribution in [3.8, 4) is 17.4 Å². The molecule has 0 aromatic carbocycles. The first-order chi connectivity index (χ1) is 10.8. The highest BCUT2D eigenvalue weighted by molar-refractivity contribution is 5.49. The Morgan fingerprint density at radius 3 is 2.91 bits per heavy atom. The number of nitrogens with zero attached hydrogens (tertiary/aromatic N) is 4. The molecule has 1 atom stereocenters. The second kappa shape index (κ2) is 6.23. The van der Waals surface area contributed by atoms with E-state index in [0.717, 1.165) is 19.3 Å². The number of aromatic nitrogens is 4. The van der Waals surface area contributed by atoms with Gasteiger partial charge in [0.05, 0.1) is 19.1 Å². The quantitative estimate of drug-likeness (QED) is 0.782. The highest BCUT2D eigenvalue weighted by Gasteiger charge is 2.38. The van der Waals surface area contributed by atoms with E-state index in [-0.39, 0.29) is 5.41 Å². The van der Waals surface area contributed by atoms with Gasteiger partial charge in [0.1, 0.15) is 12.0 Å². The molecule has 2 heterocycles. The van der Waals surface area contributed by atoms with Crippen LogP contribution in [0.1, 0.15) is 25.2 Å². The van der Waals surface area contributed by atoms with Gasteiger partial charge in [-0.25, -0.2) is 9.97 Å². The molecule has 0 bridgehead atoms. The maximum Gasteiger partial charge on any atom is 0.235 e. The summed E-state index contributed by atoms with van der Waals surface area (Å²) in [6, 6.07) is 1.68. The van der Waals surface area contributed by atoms with Crippen molar-refractivity contribution in [1.29, 1.82) is 0 Å². The molecule has 0 N–H and O–H groups in total. The fraction of sp³-hybridized carbons (Fsp3) is 0.467. The number of allylic oxidation sites excluding steroid dienone is 2. The summed E-state index contributed by atoms with van der Waals surface area (Å²) in [6.07, 6.45) is 8.45. The molecule has 1 unspecified atom stereocenters. The minimum Gasteiger partial charge on any atom is -0.481 e. The zero-order chi connectivity index (χ0) is 15.4. The van der Waals surface area contributed by atoms with Gasteiger partial charge in [0, 0.05) is 13.2 Å². The van der Waals surface area contributed by atoms with Crippen molar-refractivity contribution >= 4 is 0 Å². The summed E-state index contributed by atoms with van der Waals surface area (Å²) in [4.78, 5) is 12.7. The molecule has 0 fully saturated rings. The highest BCUT2D eigenvalue weighted by Crippen LogP contribution is 2.36. The predicted octanol–water partition coefficient (Wildman–Crippen LogP) is 2.16. The monoisotopic (exact) mass is 302 g/mol. The molecule has 0 saturated carbocycles. The van der Waals surface area contributed by atoms with Crippen LogP contribution < -0.4 is 4.74 Å². The Bertz CT molecular complexity index is 670. The predicted molar refractivity (Wildman–Crippen MR) is 78.4 cm³/mol. The van der Waals surface area contributed by atoms with E-state index in [9.17, 15) is 0 Å². The first-order valence-corrected chi connectivity index (χ1v) is 7.12. The molecule has 1 aliphatic carbocycles. The van der Waals surface area contributed by atoms with Crippen LogP contribution in [0.2, 0.25) is 0 Å². The van der Waals surface area contributed by atoms with Crippen LogP contribution in [-0.4, -0.2) is 40.9 Å². The van der Waals surface area contributed by atoms with Crippen molar-refractivity contribution in [1.82, 2.24) is 20.1 Å². The first kappa shape index (κ1) is 14.6. The van der Waals surface area contributed by atoms with E-state index in [1.807, 2.05) is 0 Å². The third-order valence-corrected chi connectivity index (χ3v) is 3.85. The third kappa shape index (κ3) is 2.71. The zero-order valence-corrected chi connectivity index (χ0v) is 12.7. The van der Waals surface area contributed by atoms with Gasteiger partial charge in [-0.1, -0.05) is 17.3 Å². The summed E-state index contributed by atoms with van der Waals surface area (Å²) in [5, 5.41) is 4.05. The summed E-state index contributed by atoms with van der Waals surface area (Å²) in [6.45, 7) is 0.548. The third-order valence-electron chi connectivity index (χ3n) is 3.85. The van der Waals surface area contributed by atoms with Crippen molar-refractivity contribution in [3.05, 3.63) is 30.4 Å². The molecular formula is C15H18N4O3. The standard InChI is InChI=1S/C15H18N4O3/c1-20-9-15(6-4-3-5-7-15)14-18-13(19-22-14)11-8-12(21-2)17-10-16-11/h3-4,8,10H,5-7,9H2,1-2H3. The van der Waals surface area contributed by atoms with Gasteiger partial charge < -0.3 is 14.0 Å². The van der Waals surface area contributed by atoms with Gasteiger partial charge in [0.15, 0.2) is 0 Å². The topological polar surface area (TPSA) is 83.2 Å². The number of hydrogen-bond donors (Lipinski definition) is 0. The smallest absolute Gasteiger partial charge is 0.235 e. The summed E-state index contributed by atoms with van der Waals surface area (Å²) < 4.78 is 16.0. The Hall–Kier alpha value is -2.28. The molecular weight excluding hydrogens is 284 g/mol. The molecule has 0 radical (unpaired) electrons. The van der Waals surface area contributed by atoms with Gasteiger partial charge in [-0.15, -0.1) is 0 Å². The van der Waals surface area contributed by atoms with Crippen LogP contribution in [0.15, 0.2) is 29.1 Å². The number of methoxy groups -OCH3 is 2. The van der Waals surface area contributed by atoms with Gasteiger partial charge in [0.25, 0.3) is 0 Å². The van der Waals surface area contributed by atoms with E-state index < -0.39 is 0 Å². The Morgan fingerprint density at radius 1 is 1.27 bits per heavy atom. The maximum atomic E-state index is 5.51. The van der Waals surface area contributed by atoms with Crippen LogP contribution in [0.25, 0.3) is 11.5 Å². The minimum absolute atomic E-state index is 0.258. The Kier molecular flexibility index (Phi) is 4.15. The van der Waals surface area contributed by atoms with Gasteiger partial charge in [-0.05, 0) is 19.3 Å². The fourth-order valence-corrected chi connectivity index (χ4v) is 2.67. The molecule has 1 aliphatic rings. The zero-order valence-electron chi connectivity index (χ0n) is 12.7. The molecule has 116 valence electrons. The molecule has 22 heavy (non-hydrogen) atoms. The molecule has 0 saturated heterocycles. The minimum atomic E-state index is -0.258. The van der Waals surface area contributed by atoms with Crippen LogP contribution in [0.3, 0.4) is 0 Å². The number of ether oxygens (including phenoxy) is 2. The number of rotatable bonds is 5. The molecule has 2 aromatic rings. The lowest BCUT2D eigenvalue weighted by atomic mass is 9.77. The Balaban J connectivity index is 1.93. The van der Waals surface area contributed by atoms with Crippen LogP contribution in [0.4, 0.5) is 0 Å². The highest BCUT2D eigenvalue weighted by atomic mass is 16.5. The molecule has 0 aliphatic heterocycles. The fourth-order valence-electron chi connectivity index (χ4n) is 2.67. The maximum absolute atomic E-state index is 5.51. The van der Waals surface area contributed by atoms with Crippen LogP contribution >= 0.6 is 0 Å². The van der Waals surface area contributed by atoms with Crippen molar-refractivity contribution in [2.75, 3.05) is 20.8 Å². The van der Waals surface area contributed by atoms with Crippen LogP contribution in [0.5, 0.6) is 5.88 Å². The largest absolute Gasteiger partial charge is 0.481 e. The van der Waals surface area contributed by atoms with Crippen molar-refractivity contribution in [3.63, 3.8) is 0 Å². The number of hydrogen-bond acceptors (Lipinski definition) is 7. The van der Waals surface area contributed by atoms with Crippen molar-refractivity contribution < 1.29 is 14.0 Å². The van der Waals surface area contributed by atoms with E-state index in [2.05, 4.69) is 32.3 Å². The van der Waals surface area contributed by atoms with Crippen molar-refractivity contribution in [2.45, 2.75) is 24.7 Å². The van der Waals surface area contributed by atoms with Crippen LogP contribution in [0, 0.1) is 0 Å². The average molecular weight is 302 g/mol. The molecule has 0 spiro atoms. The lowest BCUT2D eigenvalue weighted by Gasteiger charge is -2.30. The summed E-state index contributed by atoms with van der Waals surface area (Å²) >= 11 is 0. The Labute approximate surface area is 128 Å². The first-order valence-electron chi connectivity index (χ1n) is 7.12. The molecule has 0 amide bonds. The molecule has 7 nitrogen and oxygen atoms in total. The van der Waals surface area contributed by atoms with E-state index in [1.54, 1.807) is 20.3 Å². The second-order valence-electron chi connectivity index (χ2n) is 5.30. The molecule has 7 heteroatoms. The van der Waals surface area contributed by atoms with E-state index in [1.165, 1.54) is 6.33 Å². The van der Waals surface area contributed by atoms with Gasteiger partial charge in [-0.3, -0.25) is 0 Å². The van der Waals surface area contributed by atoms with Gasteiger partial charge in [-0.2, -0.15) is 4.98 Å². The van der Waals surface area contributed by atoms with E-state index in [0.29, 0.717) is 29.9 Å². The average Bonchev–Trinajstić information content (AvgIpc) is 3.07. The lowest BCUT2D eigenvalue weighted by molar-refractivity contribution is 0.0997. The van der Waals surface area contributed by atoms with Crippen LogP contribution in [-0.2, 0) is 10.2 Å². The summed E-state index contributed by atoms with van der Waals surface area (Å²) in [5.74, 6) is 1.48. The van der Waals surface area contributed by atoms with E-state index >= 15 is 0 Å². The normalized spacial score (nSPS) is 21.0. The second-order valence-corrected chi connectivity index (χ2v) is 5.30.